The van der Waals surface area contributed by atoms with E-state index >= 15 is 0 Å². The Hall–Kier alpha value is -2.16. The van der Waals surface area contributed by atoms with Gasteiger partial charge in [0, 0.05) is 17.8 Å². The Morgan fingerprint density at radius 1 is 1.15 bits per heavy atom. The van der Waals surface area contributed by atoms with Gasteiger partial charge in [0.15, 0.2) is 0 Å². The molecular weight excluding hydrogens is 400 g/mol. The number of hydrogen-bond donors (Lipinski definition) is 1. The Kier molecular flexibility index (Phi) is 5.03. The number of hydrogen-bond acceptors (Lipinski definition) is 5. The fourth-order valence-electron chi connectivity index (χ4n) is 3.32. The molecule has 140 valence electrons. The Balaban J connectivity index is 1.56. The summed E-state index contributed by atoms with van der Waals surface area (Å²) in [5, 5.41) is 5.82. The van der Waals surface area contributed by atoms with E-state index in [0.717, 1.165) is 24.2 Å². The monoisotopic (exact) mass is 418 g/mol. The number of nitrogens with zero attached hydrogens (tertiary/aromatic N) is 1. The molecule has 1 aliphatic rings. The van der Waals surface area contributed by atoms with E-state index in [1.807, 2.05) is 10.3 Å². The molecular formula is C19H18N2O3S3. The van der Waals surface area contributed by atoms with E-state index in [9.17, 15) is 13.2 Å². The molecule has 5 nitrogen and oxygen atoms in total. The maximum Gasteiger partial charge on any atom is 0.271 e. The molecule has 27 heavy (non-hydrogen) atoms. The van der Waals surface area contributed by atoms with Crippen LogP contribution in [0.25, 0.3) is 0 Å². The van der Waals surface area contributed by atoms with Crippen molar-refractivity contribution < 1.29 is 13.2 Å². The molecule has 1 N–H and O–H groups in total. The Morgan fingerprint density at radius 3 is 2.78 bits per heavy atom. The molecule has 0 spiro atoms. The maximum atomic E-state index is 13.1. The predicted octanol–water partition coefficient (Wildman–Crippen LogP) is 4.59. The van der Waals surface area contributed by atoms with Gasteiger partial charge in [-0.05, 0) is 64.9 Å². The Bertz CT molecular complexity index is 1030. The van der Waals surface area contributed by atoms with Crippen molar-refractivity contribution in [3.8, 4) is 0 Å². The lowest BCUT2D eigenvalue weighted by molar-refractivity contribution is 0.0736. The lowest BCUT2D eigenvalue weighted by Gasteiger charge is -2.24. The minimum absolute atomic E-state index is 0.0686. The van der Waals surface area contributed by atoms with Crippen molar-refractivity contribution in [2.45, 2.75) is 23.1 Å². The third-order valence-electron chi connectivity index (χ3n) is 4.56. The van der Waals surface area contributed by atoms with Crippen LogP contribution < -0.4 is 4.72 Å². The van der Waals surface area contributed by atoms with E-state index in [1.54, 1.807) is 53.1 Å². The summed E-state index contributed by atoms with van der Waals surface area (Å²) < 4.78 is 27.6. The molecule has 1 aromatic carbocycles. The highest BCUT2D eigenvalue weighted by Gasteiger charge is 2.31. The van der Waals surface area contributed by atoms with Crippen LogP contribution in [0.1, 0.15) is 34.8 Å². The zero-order valence-corrected chi connectivity index (χ0v) is 16.8. The van der Waals surface area contributed by atoms with Crippen molar-refractivity contribution in [1.82, 2.24) is 4.90 Å². The summed E-state index contributed by atoms with van der Waals surface area (Å²) in [6.45, 7) is 0.713. The lowest BCUT2D eigenvalue weighted by Crippen LogP contribution is -2.30. The van der Waals surface area contributed by atoms with Crippen molar-refractivity contribution >= 4 is 44.3 Å². The van der Waals surface area contributed by atoms with Crippen molar-refractivity contribution in [2.75, 3.05) is 11.3 Å². The van der Waals surface area contributed by atoms with Gasteiger partial charge in [0.2, 0.25) is 0 Å². The fourth-order valence-corrected chi connectivity index (χ4v) is 6.07. The SMILES string of the molecule is O=C(c1cccc(NS(=O)(=O)c2cccs2)c1)N1CCCC1c1ccsc1. The van der Waals surface area contributed by atoms with E-state index < -0.39 is 10.0 Å². The first kappa shape index (κ1) is 18.2. The highest BCUT2D eigenvalue weighted by atomic mass is 32.2. The lowest BCUT2D eigenvalue weighted by atomic mass is 10.1. The average Bonchev–Trinajstić information content (AvgIpc) is 3.43. The molecule has 1 unspecified atom stereocenters. The molecule has 4 rings (SSSR count). The standard InChI is InChI=1S/C19H18N2O3S3/c22-19(21-9-2-6-17(21)15-8-11-25-13-15)14-4-1-5-16(12-14)20-27(23,24)18-7-3-10-26-18/h1,3-5,7-8,10-13,17,20H,2,6,9H2. The number of anilines is 1. The number of likely N-dealkylation sites (tertiary alicyclic amines) is 1. The van der Waals surface area contributed by atoms with Crippen LogP contribution in [0.5, 0.6) is 0 Å². The highest BCUT2D eigenvalue weighted by Crippen LogP contribution is 2.34. The van der Waals surface area contributed by atoms with E-state index in [4.69, 9.17) is 0 Å². The summed E-state index contributed by atoms with van der Waals surface area (Å²) in [6.07, 6.45) is 1.92. The van der Waals surface area contributed by atoms with E-state index in [2.05, 4.69) is 16.2 Å². The Labute approximate surface area is 166 Å². The Morgan fingerprint density at radius 2 is 2.04 bits per heavy atom. The van der Waals surface area contributed by atoms with Gasteiger partial charge in [0.05, 0.1) is 6.04 Å². The molecule has 0 aliphatic carbocycles. The normalized spacial score (nSPS) is 17.2. The second-order valence-corrected chi connectivity index (χ2v) is 9.97. The zero-order valence-electron chi connectivity index (χ0n) is 14.4. The first-order valence-corrected chi connectivity index (χ1v) is 11.8. The maximum absolute atomic E-state index is 13.1. The highest BCUT2D eigenvalue weighted by molar-refractivity contribution is 7.94. The molecule has 3 aromatic rings. The van der Waals surface area contributed by atoms with Crippen molar-refractivity contribution in [2.24, 2.45) is 0 Å². The van der Waals surface area contributed by atoms with Crippen LogP contribution >= 0.6 is 22.7 Å². The quantitative estimate of drug-likeness (QED) is 0.659. The molecule has 1 saturated heterocycles. The molecule has 0 radical (unpaired) electrons. The number of carbonyl (C=O) groups is 1. The summed E-state index contributed by atoms with van der Waals surface area (Å²) in [4.78, 5) is 14.9. The van der Waals surface area contributed by atoms with Crippen LogP contribution in [0.15, 0.2) is 62.8 Å². The molecule has 1 atom stereocenters. The molecule has 1 aliphatic heterocycles. The van der Waals surface area contributed by atoms with Gasteiger partial charge < -0.3 is 4.90 Å². The summed E-state index contributed by atoms with van der Waals surface area (Å²) in [7, 11) is -3.63. The van der Waals surface area contributed by atoms with E-state index in [1.165, 1.54) is 5.56 Å². The molecule has 1 fully saturated rings. The van der Waals surface area contributed by atoms with E-state index in [-0.39, 0.29) is 16.2 Å². The van der Waals surface area contributed by atoms with Crippen LogP contribution in [0.3, 0.4) is 0 Å². The summed E-state index contributed by atoms with van der Waals surface area (Å²) in [5.74, 6) is -0.0686. The summed E-state index contributed by atoms with van der Waals surface area (Å²) in [6, 6.07) is 12.1. The van der Waals surface area contributed by atoms with Gasteiger partial charge in [-0.15, -0.1) is 11.3 Å². The zero-order chi connectivity index (χ0) is 18.9. The van der Waals surface area contributed by atoms with Gasteiger partial charge in [-0.3, -0.25) is 9.52 Å². The summed E-state index contributed by atoms with van der Waals surface area (Å²) >= 11 is 2.78. The molecule has 8 heteroatoms. The van der Waals surface area contributed by atoms with Gasteiger partial charge in [0.25, 0.3) is 15.9 Å². The molecule has 3 heterocycles. The van der Waals surface area contributed by atoms with Crippen molar-refractivity contribution in [1.29, 1.82) is 0 Å². The first-order chi connectivity index (χ1) is 13.0. The van der Waals surface area contributed by atoms with Gasteiger partial charge in [-0.1, -0.05) is 12.1 Å². The van der Waals surface area contributed by atoms with Crippen molar-refractivity contribution in [3.05, 3.63) is 69.7 Å². The number of rotatable bonds is 5. The molecule has 0 bridgehead atoms. The van der Waals surface area contributed by atoms with Gasteiger partial charge in [0.1, 0.15) is 4.21 Å². The number of amides is 1. The minimum atomic E-state index is -3.63. The van der Waals surface area contributed by atoms with Gasteiger partial charge in [-0.25, -0.2) is 8.42 Å². The number of thiophene rings is 2. The molecule has 2 aromatic heterocycles. The number of sulfonamides is 1. The number of nitrogens with one attached hydrogen (secondary N) is 1. The van der Waals surface area contributed by atoms with Crippen LogP contribution in [0, 0.1) is 0 Å². The van der Waals surface area contributed by atoms with Crippen molar-refractivity contribution in [3.63, 3.8) is 0 Å². The largest absolute Gasteiger partial charge is 0.332 e. The third-order valence-corrected chi connectivity index (χ3v) is 8.04. The van der Waals surface area contributed by atoms with Crippen LogP contribution in [-0.2, 0) is 10.0 Å². The smallest absolute Gasteiger partial charge is 0.271 e. The number of carbonyl (C=O) groups excluding carboxylic acids is 1. The minimum Gasteiger partial charge on any atom is -0.332 e. The molecule has 0 saturated carbocycles. The van der Waals surface area contributed by atoms with Gasteiger partial charge >= 0.3 is 0 Å². The summed E-state index contributed by atoms with van der Waals surface area (Å²) in [5.41, 5.74) is 2.05. The average molecular weight is 419 g/mol. The second kappa shape index (κ2) is 7.46. The predicted molar refractivity (Wildman–Crippen MR) is 109 cm³/mol. The third kappa shape index (κ3) is 3.78. The van der Waals surface area contributed by atoms with Crippen LogP contribution in [0.2, 0.25) is 0 Å². The fraction of sp³-hybridized carbons (Fsp3) is 0.211. The van der Waals surface area contributed by atoms with Gasteiger partial charge in [-0.2, -0.15) is 11.3 Å². The van der Waals surface area contributed by atoms with Crippen LogP contribution in [0.4, 0.5) is 5.69 Å². The topological polar surface area (TPSA) is 66.5 Å². The van der Waals surface area contributed by atoms with Crippen LogP contribution in [-0.4, -0.2) is 25.8 Å². The first-order valence-electron chi connectivity index (χ1n) is 8.54. The molecule has 1 amide bonds. The second-order valence-electron chi connectivity index (χ2n) is 6.33. The number of benzene rings is 1. The van der Waals surface area contributed by atoms with E-state index in [0.29, 0.717) is 17.8 Å².